The van der Waals surface area contributed by atoms with Gasteiger partial charge in [0.2, 0.25) is 11.8 Å². The van der Waals surface area contributed by atoms with Gasteiger partial charge in [-0.15, -0.1) is 0 Å². The van der Waals surface area contributed by atoms with Crippen LogP contribution in [0.5, 0.6) is 0 Å². The smallest absolute Gasteiger partial charge is 0.396 e. The van der Waals surface area contributed by atoms with E-state index in [4.69, 9.17) is 5.11 Å². The second-order valence-corrected chi connectivity index (χ2v) is 5.08. The normalized spacial score (nSPS) is 24.8. The van der Waals surface area contributed by atoms with Crippen LogP contribution in [0.25, 0.3) is 0 Å². The van der Waals surface area contributed by atoms with E-state index in [9.17, 15) is 22.8 Å². The zero-order valence-electron chi connectivity index (χ0n) is 10.2. The van der Waals surface area contributed by atoms with Crippen LogP contribution in [-0.4, -0.2) is 65.7 Å². The van der Waals surface area contributed by atoms with Gasteiger partial charge in [0.05, 0.1) is 5.92 Å². The van der Waals surface area contributed by atoms with Gasteiger partial charge < -0.3 is 14.9 Å². The lowest BCUT2D eigenvalue weighted by Gasteiger charge is -2.39. The Bertz CT molecular complexity index is 380. The molecule has 5 nitrogen and oxygen atoms in total. The first-order valence-corrected chi connectivity index (χ1v) is 6.04. The molecule has 8 heteroatoms. The number of carbonyl (C=O) groups excluding carboxylic acids is 2. The van der Waals surface area contributed by atoms with E-state index in [0.717, 1.165) is 0 Å². The third-order valence-corrected chi connectivity index (χ3v) is 3.46. The molecule has 0 aromatic heterocycles. The molecule has 0 spiro atoms. The van der Waals surface area contributed by atoms with Crippen molar-refractivity contribution in [1.29, 1.82) is 0 Å². The molecule has 2 aliphatic rings. The van der Waals surface area contributed by atoms with E-state index in [1.807, 2.05) is 0 Å². The lowest BCUT2D eigenvalue weighted by Crippen LogP contribution is -2.53. The van der Waals surface area contributed by atoms with E-state index in [0.29, 0.717) is 18.0 Å². The van der Waals surface area contributed by atoms with Gasteiger partial charge in [0.15, 0.2) is 0 Å². The third-order valence-electron chi connectivity index (χ3n) is 3.46. The number of hydrogen-bond donors (Lipinski definition) is 1. The number of rotatable bonds is 3. The van der Waals surface area contributed by atoms with Gasteiger partial charge in [0.25, 0.3) is 0 Å². The van der Waals surface area contributed by atoms with Crippen molar-refractivity contribution >= 4 is 11.8 Å². The predicted molar refractivity (Wildman–Crippen MR) is 57.9 cm³/mol. The summed E-state index contributed by atoms with van der Waals surface area (Å²) in [5, 5.41) is 8.84. The van der Waals surface area contributed by atoms with Crippen molar-refractivity contribution in [2.45, 2.75) is 12.6 Å². The first-order valence-electron chi connectivity index (χ1n) is 6.04. The van der Waals surface area contributed by atoms with Gasteiger partial charge in [-0.1, -0.05) is 0 Å². The standard InChI is InChI=1S/C11H15F3N2O3/c12-11(13,14)6-16-4-8(1-9(16)18)10(19)15-2-7(3-15)5-17/h7-8,17H,1-6H2. The molecule has 2 fully saturated rings. The summed E-state index contributed by atoms with van der Waals surface area (Å²) in [6.45, 7) is -0.640. The predicted octanol–water partition coefficient (Wildman–Crippen LogP) is -0.152. The molecule has 0 saturated carbocycles. The number of hydrogen-bond acceptors (Lipinski definition) is 3. The van der Waals surface area contributed by atoms with Crippen LogP contribution in [0.15, 0.2) is 0 Å². The monoisotopic (exact) mass is 280 g/mol. The molecule has 19 heavy (non-hydrogen) atoms. The fourth-order valence-electron chi connectivity index (χ4n) is 2.43. The van der Waals surface area contributed by atoms with Crippen LogP contribution >= 0.6 is 0 Å². The Morgan fingerprint density at radius 1 is 1.32 bits per heavy atom. The number of amides is 2. The summed E-state index contributed by atoms with van der Waals surface area (Å²) in [4.78, 5) is 25.5. The summed E-state index contributed by atoms with van der Waals surface area (Å²) >= 11 is 0. The Morgan fingerprint density at radius 2 is 1.95 bits per heavy atom. The lowest BCUT2D eigenvalue weighted by molar-refractivity contribution is -0.157. The molecule has 0 aliphatic carbocycles. The van der Waals surface area contributed by atoms with Crippen LogP contribution in [0.1, 0.15) is 6.42 Å². The van der Waals surface area contributed by atoms with Gasteiger partial charge in [-0.05, 0) is 0 Å². The van der Waals surface area contributed by atoms with Gasteiger partial charge in [-0.2, -0.15) is 13.2 Å². The van der Waals surface area contributed by atoms with E-state index in [2.05, 4.69) is 0 Å². The molecule has 2 rings (SSSR count). The van der Waals surface area contributed by atoms with E-state index >= 15 is 0 Å². The number of aliphatic hydroxyl groups excluding tert-OH is 1. The van der Waals surface area contributed by atoms with Crippen LogP contribution in [0.2, 0.25) is 0 Å². The zero-order chi connectivity index (χ0) is 14.2. The minimum absolute atomic E-state index is 0.00637. The van der Waals surface area contributed by atoms with Gasteiger partial charge in [-0.25, -0.2) is 0 Å². The quantitative estimate of drug-likeness (QED) is 0.782. The number of carbonyl (C=O) groups is 2. The first-order chi connectivity index (χ1) is 8.80. The summed E-state index contributed by atoms with van der Waals surface area (Å²) in [6, 6.07) is 0. The highest BCUT2D eigenvalue weighted by atomic mass is 19.4. The maximum Gasteiger partial charge on any atom is 0.406 e. The summed E-state index contributed by atoms with van der Waals surface area (Å²) < 4.78 is 36.7. The van der Waals surface area contributed by atoms with Crippen LogP contribution in [0.3, 0.4) is 0 Å². The van der Waals surface area contributed by atoms with Crippen molar-refractivity contribution in [2.75, 3.05) is 32.8 Å². The Labute approximate surface area is 108 Å². The lowest BCUT2D eigenvalue weighted by atomic mass is 9.97. The Hall–Kier alpha value is -1.31. The van der Waals surface area contributed by atoms with E-state index in [1.165, 1.54) is 4.90 Å². The van der Waals surface area contributed by atoms with Crippen LogP contribution in [-0.2, 0) is 9.59 Å². The van der Waals surface area contributed by atoms with Gasteiger partial charge >= 0.3 is 6.18 Å². The summed E-state index contributed by atoms with van der Waals surface area (Å²) in [7, 11) is 0. The molecule has 2 heterocycles. The van der Waals surface area contributed by atoms with Crippen LogP contribution < -0.4 is 0 Å². The molecule has 2 saturated heterocycles. The molecule has 2 aliphatic heterocycles. The fourth-order valence-corrected chi connectivity index (χ4v) is 2.43. The van der Waals surface area contributed by atoms with Crippen molar-refractivity contribution in [2.24, 2.45) is 11.8 Å². The van der Waals surface area contributed by atoms with Crippen molar-refractivity contribution in [3.8, 4) is 0 Å². The Kier molecular flexibility index (Phi) is 3.71. The molecule has 0 bridgehead atoms. The molecular weight excluding hydrogens is 265 g/mol. The number of aliphatic hydroxyl groups is 1. The van der Waals surface area contributed by atoms with Gasteiger partial charge in [0, 0.05) is 38.6 Å². The SMILES string of the molecule is O=C1CC(C(=O)N2CC(CO)C2)CN1CC(F)(F)F. The molecular formula is C11H15F3N2O3. The summed E-state index contributed by atoms with van der Waals surface area (Å²) in [5.41, 5.74) is 0. The van der Waals surface area contributed by atoms with Crippen LogP contribution in [0, 0.1) is 11.8 Å². The Morgan fingerprint density at radius 3 is 2.47 bits per heavy atom. The van der Waals surface area contributed by atoms with E-state index < -0.39 is 24.5 Å². The number of halogens is 3. The number of likely N-dealkylation sites (tertiary alicyclic amines) is 2. The molecule has 1 unspecified atom stereocenters. The minimum Gasteiger partial charge on any atom is -0.396 e. The third kappa shape index (κ3) is 3.17. The molecule has 2 amide bonds. The number of nitrogens with zero attached hydrogens (tertiary/aromatic N) is 2. The van der Waals surface area contributed by atoms with E-state index in [-0.39, 0.29) is 31.4 Å². The van der Waals surface area contributed by atoms with Gasteiger partial charge in [0.1, 0.15) is 6.54 Å². The van der Waals surface area contributed by atoms with Crippen molar-refractivity contribution in [3.63, 3.8) is 0 Å². The highest BCUT2D eigenvalue weighted by Crippen LogP contribution is 2.27. The molecule has 0 radical (unpaired) electrons. The average Bonchev–Trinajstić information content (AvgIpc) is 2.56. The average molecular weight is 280 g/mol. The van der Waals surface area contributed by atoms with Crippen molar-refractivity contribution in [1.82, 2.24) is 9.80 Å². The molecule has 108 valence electrons. The Balaban J connectivity index is 1.87. The largest absolute Gasteiger partial charge is 0.406 e. The second kappa shape index (κ2) is 4.99. The maximum atomic E-state index is 12.2. The molecule has 1 atom stereocenters. The fraction of sp³-hybridized carbons (Fsp3) is 0.818. The van der Waals surface area contributed by atoms with E-state index in [1.54, 1.807) is 0 Å². The number of alkyl halides is 3. The summed E-state index contributed by atoms with van der Waals surface area (Å²) in [5.74, 6) is -1.56. The maximum absolute atomic E-state index is 12.2. The van der Waals surface area contributed by atoms with Crippen LogP contribution in [0.4, 0.5) is 13.2 Å². The van der Waals surface area contributed by atoms with Crippen molar-refractivity contribution in [3.05, 3.63) is 0 Å². The molecule has 1 N–H and O–H groups in total. The zero-order valence-corrected chi connectivity index (χ0v) is 10.2. The first kappa shape index (κ1) is 14.1. The topological polar surface area (TPSA) is 60.9 Å². The second-order valence-electron chi connectivity index (χ2n) is 5.08. The highest BCUT2D eigenvalue weighted by Gasteiger charge is 2.43. The minimum atomic E-state index is -4.44. The molecule has 0 aromatic rings. The van der Waals surface area contributed by atoms with Gasteiger partial charge in [-0.3, -0.25) is 9.59 Å². The highest BCUT2D eigenvalue weighted by molar-refractivity contribution is 5.89. The molecule has 0 aromatic carbocycles. The van der Waals surface area contributed by atoms with Crippen molar-refractivity contribution < 1.29 is 27.9 Å². The summed E-state index contributed by atoms with van der Waals surface area (Å²) in [6.07, 6.45) is -4.60.